The normalized spacial score (nSPS) is 16.0. The fourth-order valence-electron chi connectivity index (χ4n) is 2.84. The number of carboxylic acids is 1. The van der Waals surface area contributed by atoms with Gasteiger partial charge >= 0.3 is 5.97 Å². The molecule has 4 nitrogen and oxygen atoms in total. The molecule has 0 aromatic heterocycles. The van der Waals surface area contributed by atoms with Gasteiger partial charge in [-0.3, -0.25) is 9.59 Å². The van der Waals surface area contributed by atoms with E-state index in [0.717, 1.165) is 18.4 Å². The number of benzene rings is 1. The third-order valence-electron chi connectivity index (χ3n) is 4.32. The molecule has 0 spiro atoms. The molecule has 0 atom stereocenters. The second kappa shape index (κ2) is 6.74. The first-order valence-corrected chi connectivity index (χ1v) is 7.62. The van der Waals surface area contributed by atoms with E-state index < -0.39 is 11.4 Å². The summed E-state index contributed by atoms with van der Waals surface area (Å²) >= 11 is 0. The van der Waals surface area contributed by atoms with Crippen LogP contribution in [0.3, 0.4) is 0 Å². The largest absolute Gasteiger partial charge is 0.481 e. The Bertz CT molecular complexity index is 494. The maximum atomic E-state index is 12.5. The number of rotatable bonds is 7. The Labute approximate surface area is 125 Å². The van der Waals surface area contributed by atoms with E-state index in [9.17, 15) is 14.7 Å². The quantitative estimate of drug-likeness (QED) is 0.839. The van der Waals surface area contributed by atoms with Crippen molar-refractivity contribution in [1.82, 2.24) is 4.90 Å². The minimum Gasteiger partial charge on any atom is -0.481 e. The number of carboxylic acid groups (broad SMARTS) is 1. The van der Waals surface area contributed by atoms with Crippen LogP contribution in [0.5, 0.6) is 0 Å². The minimum absolute atomic E-state index is 0.0391. The third kappa shape index (κ3) is 3.63. The summed E-state index contributed by atoms with van der Waals surface area (Å²) in [7, 11) is 0. The highest BCUT2D eigenvalue weighted by atomic mass is 16.4. The van der Waals surface area contributed by atoms with E-state index in [0.29, 0.717) is 25.9 Å². The molecule has 2 rings (SSSR count). The molecule has 1 saturated carbocycles. The number of aliphatic carboxylic acids is 1. The Kier molecular flexibility index (Phi) is 4.99. The monoisotopic (exact) mass is 289 g/mol. The predicted molar refractivity (Wildman–Crippen MR) is 80.7 cm³/mol. The van der Waals surface area contributed by atoms with Crippen LogP contribution in [-0.2, 0) is 16.1 Å². The molecule has 1 aromatic rings. The highest BCUT2D eigenvalue weighted by Crippen LogP contribution is 2.44. The molecule has 0 aliphatic heterocycles. The number of carbonyl (C=O) groups is 2. The van der Waals surface area contributed by atoms with Gasteiger partial charge in [0.2, 0.25) is 5.91 Å². The first-order chi connectivity index (χ1) is 10.1. The molecule has 0 unspecified atom stereocenters. The standard InChI is InChI=1S/C17H23NO3/c1-2-11-18(13-14-7-4-3-5-8-14)15(19)12-17(16(20)21)9-6-10-17/h3-5,7-8H,2,6,9-13H2,1H3,(H,20,21). The van der Waals surface area contributed by atoms with Gasteiger partial charge in [-0.1, -0.05) is 43.7 Å². The number of nitrogens with zero attached hydrogens (tertiary/aromatic N) is 1. The minimum atomic E-state index is -0.821. The van der Waals surface area contributed by atoms with E-state index in [-0.39, 0.29) is 12.3 Å². The highest BCUT2D eigenvalue weighted by Gasteiger charge is 2.46. The van der Waals surface area contributed by atoms with Crippen LogP contribution in [-0.4, -0.2) is 28.4 Å². The van der Waals surface area contributed by atoms with E-state index in [1.807, 2.05) is 37.3 Å². The molecule has 0 radical (unpaired) electrons. The van der Waals surface area contributed by atoms with Crippen molar-refractivity contribution < 1.29 is 14.7 Å². The first kappa shape index (κ1) is 15.5. The Morgan fingerprint density at radius 3 is 2.38 bits per heavy atom. The summed E-state index contributed by atoms with van der Waals surface area (Å²) in [5, 5.41) is 9.36. The maximum Gasteiger partial charge on any atom is 0.310 e. The van der Waals surface area contributed by atoms with Crippen LogP contribution in [0.4, 0.5) is 0 Å². The van der Waals surface area contributed by atoms with Crippen LogP contribution in [0.25, 0.3) is 0 Å². The lowest BCUT2D eigenvalue weighted by Crippen LogP contribution is -2.43. The van der Waals surface area contributed by atoms with Crippen LogP contribution in [0.1, 0.15) is 44.6 Å². The zero-order valence-electron chi connectivity index (χ0n) is 12.5. The summed E-state index contributed by atoms with van der Waals surface area (Å²) in [5.74, 6) is -0.860. The van der Waals surface area contributed by atoms with Gasteiger partial charge in [-0.05, 0) is 24.8 Å². The van der Waals surface area contributed by atoms with Crippen LogP contribution < -0.4 is 0 Å². The van der Waals surface area contributed by atoms with Crippen LogP contribution in [0.15, 0.2) is 30.3 Å². The Hall–Kier alpha value is -1.84. The van der Waals surface area contributed by atoms with Crippen molar-refractivity contribution in [2.24, 2.45) is 5.41 Å². The molecule has 0 heterocycles. The summed E-state index contributed by atoms with van der Waals surface area (Å²) in [6.45, 7) is 3.26. The summed E-state index contributed by atoms with van der Waals surface area (Å²) in [5.41, 5.74) is 0.275. The van der Waals surface area contributed by atoms with Crippen molar-refractivity contribution in [3.63, 3.8) is 0 Å². The molecular formula is C17H23NO3. The van der Waals surface area contributed by atoms with Gasteiger partial charge in [-0.15, -0.1) is 0 Å². The first-order valence-electron chi connectivity index (χ1n) is 7.62. The van der Waals surface area contributed by atoms with Crippen molar-refractivity contribution in [2.75, 3.05) is 6.54 Å². The van der Waals surface area contributed by atoms with Gasteiger partial charge in [0.05, 0.1) is 5.41 Å². The van der Waals surface area contributed by atoms with Crippen LogP contribution in [0.2, 0.25) is 0 Å². The molecule has 1 aromatic carbocycles. The third-order valence-corrected chi connectivity index (χ3v) is 4.32. The van der Waals surface area contributed by atoms with Gasteiger partial charge in [-0.2, -0.15) is 0 Å². The van der Waals surface area contributed by atoms with Gasteiger partial charge in [0, 0.05) is 19.5 Å². The lowest BCUT2D eigenvalue weighted by atomic mass is 9.66. The average molecular weight is 289 g/mol. The lowest BCUT2D eigenvalue weighted by molar-refractivity contribution is -0.159. The van der Waals surface area contributed by atoms with Crippen molar-refractivity contribution in [1.29, 1.82) is 0 Å². The average Bonchev–Trinajstić information content (AvgIpc) is 2.43. The summed E-state index contributed by atoms with van der Waals surface area (Å²) in [6, 6.07) is 9.84. The highest BCUT2D eigenvalue weighted by molar-refractivity contribution is 5.85. The molecule has 0 saturated heterocycles. The molecular weight excluding hydrogens is 266 g/mol. The van der Waals surface area contributed by atoms with Crippen molar-refractivity contribution in [3.8, 4) is 0 Å². The van der Waals surface area contributed by atoms with E-state index in [1.54, 1.807) is 4.90 Å². The summed E-state index contributed by atoms with van der Waals surface area (Å²) in [6.07, 6.45) is 3.17. The molecule has 1 fully saturated rings. The maximum absolute atomic E-state index is 12.5. The van der Waals surface area contributed by atoms with E-state index in [4.69, 9.17) is 0 Å². The number of carbonyl (C=O) groups excluding carboxylic acids is 1. The molecule has 114 valence electrons. The van der Waals surface area contributed by atoms with Crippen molar-refractivity contribution in [3.05, 3.63) is 35.9 Å². The topological polar surface area (TPSA) is 57.6 Å². The number of hydrogen-bond acceptors (Lipinski definition) is 2. The molecule has 1 N–H and O–H groups in total. The zero-order valence-corrected chi connectivity index (χ0v) is 12.5. The fourth-order valence-corrected chi connectivity index (χ4v) is 2.84. The Morgan fingerprint density at radius 1 is 1.24 bits per heavy atom. The lowest BCUT2D eigenvalue weighted by Gasteiger charge is -2.38. The van der Waals surface area contributed by atoms with Crippen LogP contribution >= 0.6 is 0 Å². The smallest absolute Gasteiger partial charge is 0.310 e. The van der Waals surface area contributed by atoms with Gasteiger partial charge in [-0.25, -0.2) is 0 Å². The van der Waals surface area contributed by atoms with Gasteiger partial charge in [0.15, 0.2) is 0 Å². The Balaban J connectivity index is 2.03. The molecule has 1 amide bonds. The van der Waals surface area contributed by atoms with Gasteiger partial charge in [0.25, 0.3) is 0 Å². The second-order valence-electron chi connectivity index (χ2n) is 5.92. The van der Waals surface area contributed by atoms with E-state index in [1.165, 1.54) is 0 Å². The van der Waals surface area contributed by atoms with Gasteiger partial charge in [0.1, 0.15) is 0 Å². The van der Waals surface area contributed by atoms with Gasteiger partial charge < -0.3 is 10.0 Å². The number of hydrogen-bond donors (Lipinski definition) is 1. The number of amides is 1. The Morgan fingerprint density at radius 2 is 1.90 bits per heavy atom. The molecule has 0 bridgehead atoms. The predicted octanol–water partition coefficient (Wildman–Crippen LogP) is 3.07. The van der Waals surface area contributed by atoms with E-state index >= 15 is 0 Å². The zero-order chi connectivity index (χ0) is 15.3. The molecule has 1 aliphatic carbocycles. The fraction of sp³-hybridized carbons (Fsp3) is 0.529. The van der Waals surface area contributed by atoms with Crippen molar-refractivity contribution >= 4 is 11.9 Å². The van der Waals surface area contributed by atoms with Crippen LogP contribution in [0, 0.1) is 5.41 Å². The van der Waals surface area contributed by atoms with Crippen molar-refractivity contribution in [2.45, 2.75) is 45.6 Å². The summed E-state index contributed by atoms with van der Waals surface area (Å²) in [4.78, 5) is 25.7. The summed E-state index contributed by atoms with van der Waals surface area (Å²) < 4.78 is 0. The molecule has 1 aliphatic rings. The molecule has 21 heavy (non-hydrogen) atoms. The molecule has 4 heteroatoms. The second-order valence-corrected chi connectivity index (χ2v) is 5.92. The SMILES string of the molecule is CCCN(Cc1ccccc1)C(=O)CC1(C(=O)O)CCC1. The van der Waals surface area contributed by atoms with E-state index in [2.05, 4.69) is 0 Å².